The minimum absolute atomic E-state index is 0.0105. The Morgan fingerprint density at radius 1 is 1.16 bits per heavy atom. The number of fused-ring (bicyclic) bond motifs is 1. The lowest BCUT2D eigenvalue weighted by molar-refractivity contribution is -0.130. The van der Waals surface area contributed by atoms with Gasteiger partial charge in [-0.15, -0.1) is 0 Å². The molecule has 1 amide bonds. The molecule has 32 heavy (non-hydrogen) atoms. The molecule has 0 bridgehead atoms. The topological polar surface area (TPSA) is 64.4 Å². The zero-order chi connectivity index (χ0) is 22.5. The van der Waals surface area contributed by atoms with Gasteiger partial charge in [0, 0.05) is 19.7 Å². The van der Waals surface area contributed by atoms with Crippen LogP contribution in [-0.4, -0.2) is 46.2 Å². The zero-order valence-electron chi connectivity index (χ0n) is 18.6. The monoisotopic (exact) mass is 451 g/mol. The van der Waals surface area contributed by atoms with Crippen LogP contribution in [0, 0.1) is 0 Å². The SMILES string of the molecule is CCN(CC)C(=O)[C@@H](Sc1nc2ccccc2c(=O)n1C[C@@H]1CCCO1)c1ccccc1. The quantitative estimate of drug-likeness (QED) is 0.378. The van der Waals surface area contributed by atoms with Crippen molar-refractivity contribution in [2.75, 3.05) is 19.7 Å². The molecule has 1 fully saturated rings. The highest BCUT2D eigenvalue weighted by Crippen LogP contribution is 2.36. The highest BCUT2D eigenvalue weighted by molar-refractivity contribution is 8.00. The highest BCUT2D eigenvalue weighted by Gasteiger charge is 2.29. The Morgan fingerprint density at radius 2 is 1.88 bits per heavy atom. The molecule has 1 aliphatic heterocycles. The highest BCUT2D eigenvalue weighted by atomic mass is 32.2. The third-order valence-electron chi connectivity index (χ3n) is 5.86. The van der Waals surface area contributed by atoms with Crippen LogP contribution in [0.15, 0.2) is 64.5 Å². The molecule has 2 aromatic carbocycles. The summed E-state index contributed by atoms with van der Waals surface area (Å²) in [6, 6.07) is 17.1. The van der Waals surface area contributed by atoms with E-state index in [-0.39, 0.29) is 17.6 Å². The molecular formula is C25H29N3O3S. The van der Waals surface area contributed by atoms with E-state index in [4.69, 9.17) is 9.72 Å². The molecule has 0 unspecified atom stereocenters. The lowest BCUT2D eigenvalue weighted by atomic mass is 10.1. The Balaban J connectivity index is 1.80. The Hall–Kier alpha value is -2.64. The van der Waals surface area contributed by atoms with Gasteiger partial charge >= 0.3 is 0 Å². The molecule has 2 atom stereocenters. The molecule has 0 N–H and O–H groups in total. The van der Waals surface area contributed by atoms with Gasteiger partial charge in [0.2, 0.25) is 5.91 Å². The number of carbonyl (C=O) groups excluding carboxylic acids is 1. The second-order valence-electron chi connectivity index (χ2n) is 7.88. The number of amides is 1. The number of aromatic nitrogens is 2. The molecule has 6 nitrogen and oxygen atoms in total. The minimum Gasteiger partial charge on any atom is -0.376 e. The van der Waals surface area contributed by atoms with E-state index in [1.54, 1.807) is 10.6 Å². The van der Waals surface area contributed by atoms with E-state index in [0.717, 1.165) is 25.0 Å². The van der Waals surface area contributed by atoms with E-state index in [1.807, 2.05) is 67.3 Å². The number of para-hydroxylation sites is 1. The summed E-state index contributed by atoms with van der Waals surface area (Å²) in [7, 11) is 0. The smallest absolute Gasteiger partial charge is 0.262 e. The van der Waals surface area contributed by atoms with Gasteiger partial charge in [-0.3, -0.25) is 14.2 Å². The lowest BCUT2D eigenvalue weighted by Crippen LogP contribution is -2.34. The number of benzene rings is 2. The largest absolute Gasteiger partial charge is 0.376 e. The van der Waals surface area contributed by atoms with Crippen LogP contribution in [0.2, 0.25) is 0 Å². The van der Waals surface area contributed by atoms with Crippen molar-refractivity contribution in [1.82, 2.24) is 14.5 Å². The van der Waals surface area contributed by atoms with E-state index in [9.17, 15) is 9.59 Å². The molecule has 0 spiro atoms. The van der Waals surface area contributed by atoms with Crippen LogP contribution in [0.5, 0.6) is 0 Å². The van der Waals surface area contributed by atoms with E-state index in [2.05, 4.69) is 0 Å². The van der Waals surface area contributed by atoms with Crippen LogP contribution in [0.1, 0.15) is 37.5 Å². The third kappa shape index (κ3) is 4.74. The average Bonchev–Trinajstić information content (AvgIpc) is 3.34. The summed E-state index contributed by atoms with van der Waals surface area (Å²) >= 11 is 1.35. The number of thioether (sulfide) groups is 1. The summed E-state index contributed by atoms with van der Waals surface area (Å²) < 4.78 is 7.52. The number of carbonyl (C=O) groups is 1. The van der Waals surface area contributed by atoms with Gasteiger partial charge < -0.3 is 9.64 Å². The van der Waals surface area contributed by atoms with Gasteiger partial charge in [0.25, 0.3) is 5.56 Å². The van der Waals surface area contributed by atoms with Crippen molar-refractivity contribution in [2.45, 2.75) is 49.7 Å². The van der Waals surface area contributed by atoms with Gasteiger partial charge in [-0.25, -0.2) is 4.98 Å². The van der Waals surface area contributed by atoms with E-state index in [1.165, 1.54) is 11.8 Å². The molecule has 3 aromatic rings. The van der Waals surface area contributed by atoms with Crippen molar-refractivity contribution in [3.05, 3.63) is 70.5 Å². The van der Waals surface area contributed by atoms with Crippen molar-refractivity contribution in [1.29, 1.82) is 0 Å². The lowest BCUT2D eigenvalue weighted by Gasteiger charge is -2.26. The van der Waals surface area contributed by atoms with E-state index < -0.39 is 5.25 Å². The molecular weight excluding hydrogens is 422 g/mol. The van der Waals surface area contributed by atoms with Crippen molar-refractivity contribution in [3.63, 3.8) is 0 Å². The third-order valence-corrected chi connectivity index (χ3v) is 7.09. The molecule has 2 heterocycles. The maximum atomic E-state index is 13.5. The Morgan fingerprint density at radius 3 is 2.56 bits per heavy atom. The van der Waals surface area contributed by atoms with Crippen molar-refractivity contribution in [2.24, 2.45) is 0 Å². The Bertz CT molecular complexity index is 1120. The van der Waals surface area contributed by atoms with Crippen LogP contribution in [0.3, 0.4) is 0 Å². The molecule has 0 aliphatic carbocycles. The van der Waals surface area contributed by atoms with Crippen LogP contribution >= 0.6 is 11.8 Å². The molecule has 0 radical (unpaired) electrons. The number of hydrogen-bond donors (Lipinski definition) is 0. The second kappa shape index (κ2) is 10.3. The fraction of sp³-hybridized carbons (Fsp3) is 0.400. The average molecular weight is 452 g/mol. The normalized spacial score (nSPS) is 16.9. The first-order valence-electron chi connectivity index (χ1n) is 11.2. The predicted molar refractivity (Wildman–Crippen MR) is 128 cm³/mol. The predicted octanol–water partition coefficient (Wildman–Crippen LogP) is 4.28. The molecule has 7 heteroatoms. The fourth-order valence-corrected chi connectivity index (χ4v) is 5.28. The van der Waals surface area contributed by atoms with Gasteiger partial charge in [-0.2, -0.15) is 0 Å². The van der Waals surface area contributed by atoms with Gasteiger partial charge in [-0.1, -0.05) is 54.2 Å². The second-order valence-corrected chi connectivity index (χ2v) is 8.95. The maximum absolute atomic E-state index is 13.5. The number of hydrogen-bond acceptors (Lipinski definition) is 5. The Labute approximate surface area is 192 Å². The van der Waals surface area contributed by atoms with Crippen molar-refractivity contribution in [3.8, 4) is 0 Å². The molecule has 0 saturated carbocycles. The minimum atomic E-state index is -0.486. The standard InChI is InChI=1S/C25H29N3O3S/c1-3-27(4-2)24(30)22(18-11-6-5-7-12-18)32-25-26-21-15-9-8-14-20(21)23(29)28(25)17-19-13-10-16-31-19/h5-9,11-12,14-15,19,22H,3-4,10,13,16-17H2,1-2H3/t19-,22-/m0/s1. The van der Waals surface area contributed by atoms with Crippen LogP contribution < -0.4 is 5.56 Å². The number of ether oxygens (including phenoxy) is 1. The molecule has 168 valence electrons. The van der Waals surface area contributed by atoms with Crippen molar-refractivity contribution < 1.29 is 9.53 Å². The Kier molecular flexibility index (Phi) is 7.27. The summed E-state index contributed by atoms with van der Waals surface area (Å²) in [6.45, 7) is 6.39. The van der Waals surface area contributed by atoms with Crippen LogP contribution in [0.25, 0.3) is 10.9 Å². The van der Waals surface area contributed by atoms with Crippen molar-refractivity contribution >= 4 is 28.6 Å². The first-order chi connectivity index (χ1) is 15.6. The fourth-order valence-electron chi connectivity index (χ4n) is 4.09. The van der Waals surface area contributed by atoms with Gasteiger partial charge in [0.1, 0.15) is 5.25 Å². The molecule has 4 rings (SSSR count). The summed E-state index contributed by atoms with van der Waals surface area (Å²) in [5.41, 5.74) is 1.46. The summed E-state index contributed by atoms with van der Waals surface area (Å²) in [5, 5.41) is 0.652. The number of nitrogens with zero attached hydrogens (tertiary/aromatic N) is 3. The van der Waals surface area contributed by atoms with Gasteiger partial charge in [0.15, 0.2) is 5.16 Å². The zero-order valence-corrected chi connectivity index (χ0v) is 19.4. The number of rotatable bonds is 8. The van der Waals surface area contributed by atoms with Crippen LogP contribution in [-0.2, 0) is 16.1 Å². The summed E-state index contributed by atoms with van der Waals surface area (Å²) in [5.74, 6) is 0.0253. The summed E-state index contributed by atoms with van der Waals surface area (Å²) in [4.78, 5) is 33.6. The maximum Gasteiger partial charge on any atom is 0.262 e. The van der Waals surface area contributed by atoms with Gasteiger partial charge in [0.05, 0.1) is 23.6 Å². The first-order valence-corrected chi connectivity index (χ1v) is 12.1. The van der Waals surface area contributed by atoms with E-state index in [0.29, 0.717) is 35.7 Å². The molecule has 1 aliphatic rings. The van der Waals surface area contributed by atoms with E-state index >= 15 is 0 Å². The molecule has 1 aromatic heterocycles. The number of likely N-dealkylation sites (N-methyl/N-ethyl adjacent to an activating group) is 1. The van der Waals surface area contributed by atoms with Gasteiger partial charge in [-0.05, 0) is 44.4 Å². The first kappa shape index (κ1) is 22.6. The molecule has 1 saturated heterocycles. The summed E-state index contributed by atoms with van der Waals surface area (Å²) in [6.07, 6.45) is 1.91. The van der Waals surface area contributed by atoms with Crippen LogP contribution in [0.4, 0.5) is 0 Å².